The zero-order valence-corrected chi connectivity index (χ0v) is 13.0. The second kappa shape index (κ2) is 8.11. The molecule has 0 saturated heterocycles. The van der Waals surface area contributed by atoms with E-state index in [-0.39, 0.29) is 6.10 Å². The second-order valence-corrected chi connectivity index (χ2v) is 5.40. The molecule has 0 aliphatic rings. The van der Waals surface area contributed by atoms with Gasteiger partial charge in [0.05, 0.1) is 6.61 Å². The van der Waals surface area contributed by atoms with Crippen molar-refractivity contribution in [2.24, 2.45) is 0 Å². The summed E-state index contributed by atoms with van der Waals surface area (Å²) >= 11 is 0. The molecule has 0 bridgehead atoms. The molecule has 0 heterocycles. The van der Waals surface area contributed by atoms with Crippen LogP contribution in [-0.2, 0) is 11.3 Å². The second-order valence-electron chi connectivity index (χ2n) is 5.40. The molecule has 0 radical (unpaired) electrons. The van der Waals surface area contributed by atoms with Crippen LogP contribution >= 0.6 is 0 Å². The van der Waals surface area contributed by atoms with Crippen LogP contribution in [0.5, 0.6) is 0 Å². The molecule has 0 aliphatic heterocycles. The predicted molar refractivity (Wildman–Crippen MR) is 95.9 cm³/mol. The molecule has 0 aliphatic carbocycles. The van der Waals surface area contributed by atoms with Crippen LogP contribution in [0.3, 0.4) is 0 Å². The zero-order chi connectivity index (χ0) is 15.7. The van der Waals surface area contributed by atoms with E-state index in [1.165, 1.54) is 11.1 Å². The molecule has 0 amide bonds. The highest BCUT2D eigenvalue weighted by Crippen LogP contribution is 2.21. The number of hydrogen-bond acceptors (Lipinski definition) is 1. The van der Waals surface area contributed by atoms with Crippen LogP contribution in [0.15, 0.2) is 97.1 Å². The summed E-state index contributed by atoms with van der Waals surface area (Å²) in [5.41, 5.74) is 3.52. The molecule has 1 atom stereocenters. The Balaban J connectivity index is 1.75. The molecule has 0 N–H and O–H groups in total. The maximum absolute atomic E-state index is 6.15. The molecule has 0 aromatic heterocycles. The van der Waals surface area contributed by atoms with Gasteiger partial charge in [-0.25, -0.2) is 0 Å². The van der Waals surface area contributed by atoms with Gasteiger partial charge < -0.3 is 4.74 Å². The first kappa shape index (κ1) is 15.3. The van der Waals surface area contributed by atoms with Crippen LogP contribution in [-0.4, -0.2) is 0 Å². The van der Waals surface area contributed by atoms with Crippen LogP contribution in [0, 0.1) is 0 Å². The molecule has 23 heavy (non-hydrogen) atoms. The summed E-state index contributed by atoms with van der Waals surface area (Å²) in [4.78, 5) is 0. The SMILES string of the molecule is C(=C\[C@@H](OCc1ccccc1)c1ccccc1)/c1ccccc1. The van der Waals surface area contributed by atoms with E-state index in [0.29, 0.717) is 6.61 Å². The molecule has 3 aromatic carbocycles. The number of benzene rings is 3. The summed E-state index contributed by atoms with van der Waals surface area (Å²) in [7, 11) is 0. The topological polar surface area (TPSA) is 9.23 Å². The Hall–Kier alpha value is -2.64. The van der Waals surface area contributed by atoms with E-state index in [1.807, 2.05) is 54.6 Å². The van der Waals surface area contributed by atoms with Crippen LogP contribution < -0.4 is 0 Å². The molecule has 114 valence electrons. The molecule has 0 unspecified atom stereocenters. The number of rotatable bonds is 6. The molecule has 3 aromatic rings. The van der Waals surface area contributed by atoms with Gasteiger partial charge in [0.2, 0.25) is 0 Å². The number of ether oxygens (including phenoxy) is 1. The van der Waals surface area contributed by atoms with Crippen molar-refractivity contribution < 1.29 is 4.74 Å². The van der Waals surface area contributed by atoms with Crippen molar-refractivity contribution in [3.05, 3.63) is 114 Å². The lowest BCUT2D eigenvalue weighted by atomic mass is 10.1. The summed E-state index contributed by atoms with van der Waals surface area (Å²) in [6.07, 6.45) is 4.17. The van der Waals surface area contributed by atoms with Gasteiger partial charge in [0.25, 0.3) is 0 Å². The normalized spacial score (nSPS) is 12.3. The van der Waals surface area contributed by atoms with Crippen LogP contribution in [0.4, 0.5) is 0 Å². The van der Waals surface area contributed by atoms with Crippen LogP contribution in [0.1, 0.15) is 22.8 Å². The van der Waals surface area contributed by atoms with Crippen LogP contribution in [0.2, 0.25) is 0 Å². The predicted octanol–water partition coefficient (Wildman–Crippen LogP) is 5.66. The van der Waals surface area contributed by atoms with E-state index >= 15 is 0 Å². The zero-order valence-electron chi connectivity index (χ0n) is 13.0. The Morgan fingerprint density at radius 1 is 0.696 bits per heavy atom. The smallest absolute Gasteiger partial charge is 0.101 e. The molecule has 0 saturated carbocycles. The van der Waals surface area contributed by atoms with Gasteiger partial charge in [-0.3, -0.25) is 0 Å². The van der Waals surface area contributed by atoms with Gasteiger partial charge in [0.15, 0.2) is 0 Å². The van der Waals surface area contributed by atoms with Gasteiger partial charge in [-0.1, -0.05) is 103 Å². The highest BCUT2D eigenvalue weighted by molar-refractivity contribution is 5.50. The van der Waals surface area contributed by atoms with Gasteiger partial charge >= 0.3 is 0 Å². The fraction of sp³-hybridized carbons (Fsp3) is 0.0909. The minimum atomic E-state index is -0.0587. The van der Waals surface area contributed by atoms with Crippen molar-refractivity contribution in [1.82, 2.24) is 0 Å². The summed E-state index contributed by atoms with van der Waals surface area (Å²) in [6.45, 7) is 0.597. The lowest BCUT2D eigenvalue weighted by Crippen LogP contribution is -2.01. The van der Waals surface area contributed by atoms with Crippen molar-refractivity contribution in [2.75, 3.05) is 0 Å². The van der Waals surface area contributed by atoms with E-state index in [9.17, 15) is 0 Å². The van der Waals surface area contributed by atoms with Crippen molar-refractivity contribution in [3.8, 4) is 0 Å². The highest BCUT2D eigenvalue weighted by Gasteiger charge is 2.08. The van der Waals surface area contributed by atoms with Gasteiger partial charge in [-0.15, -0.1) is 0 Å². The Morgan fingerprint density at radius 3 is 1.91 bits per heavy atom. The molecule has 1 nitrogen and oxygen atoms in total. The van der Waals surface area contributed by atoms with Crippen molar-refractivity contribution in [1.29, 1.82) is 0 Å². The lowest BCUT2D eigenvalue weighted by Gasteiger charge is -2.15. The molecule has 0 spiro atoms. The maximum Gasteiger partial charge on any atom is 0.101 e. The fourth-order valence-corrected chi connectivity index (χ4v) is 2.43. The van der Waals surface area contributed by atoms with E-state index in [1.54, 1.807) is 0 Å². The van der Waals surface area contributed by atoms with Crippen molar-refractivity contribution in [3.63, 3.8) is 0 Å². The minimum absolute atomic E-state index is 0.0587. The molecule has 0 fully saturated rings. The maximum atomic E-state index is 6.15. The third-order valence-corrected chi connectivity index (χ3v) is 3.66. The molecule has 3 rings (SSSR count). The molecular formula is C22H20O. The molecule has 1 heteroatoms. The number of hydrogen-bond donors (Lipinski definition) is 0. The van der Waals surface area contributed by atoms with Crippen LogP contribution in [0.25, 0.3) is 6.08 Å². The Morgan fingerprint density at radius 2 is 1.26 bits per heavy atom. The minimum Gasteiger partial charge on any atom is -0.365 e. The van der Waals surface area contributed by atoms with E-state index in [2.05, 4.69) is 48.6 Å². The lowest BCUT2D eigenvalue weighted by molar-refractivity contribution is 0.0723. The Labute approximate surface area is 137 Å². The summed E-state index contributed by atoms with van der Waals surface area (Å²) in [6, 6.07) is 30.9. The molecular weight excluding hydrogens is 280 g/mol. The van der Waals surface area contributed by atoms with Crippen molar-refractivity contribution in [2.45, 2.75) is 12.7 Å². The van der Waals surface area contributed by atoms with Gasteiger partial charge in [0, 0.05) is 0 Å². The first-order valence-corrected chi connectivity index (χ1v) is 7.85. The Bertz CT molecular complexity index is 718. The van der Waals surface area contributed by atoms with Gasteiger partial charge in [-0.2, -0.15) is 0 Å². The first-order valence-electron chi connectivity index (χ1n) is 7.85. The third-order valence-electron chi connectivity index (χ3n) is 3.66. The summed E-state index contributed by atoms with van der Waals surface area (Å²) < 4.78 is 6.15. The first-order chi connectivity index (χ1) is 11.4. The van der Waals surface area contributed by atoms with Crippen molar-refractivity contribution >= 4 is 6.08 Å². The Kier molecular flexibility index (Phi) is 5.38. The third kappa shape index (κ3) is 4.67. The monoisotopic (exact) mass is 300 g/mol. The van der Waals surface area contributed by atoms with Gasteiger partial charge in [-0.05, 0) is 16.7 Å². The average Bonchev–Trinajstić information content (AvgIpc) is 2.64. The quantitative estimate of drug-likeness (QED) is 0.571. The highest BCUT2D eigenvalue weighted by atomic mass is 16.5. The van der Waals surface area contributed by atoms with E-state index in [4.69, 9.17) is 4.74 Å². The fourth-order valence-electron chi connectivity index (χ4n) is 2.43. The van der Waals surface area contributed by atoms with E-state index in [0.717, 1.165) is 5.56 Å². The van der Waals surface area contributed by atoms with Gasteiger partial charge in [0.1, 0.15) is 6.10 Å². The largest absolute Gasteiger partial charge is 0.365 e. The summed E-state index contributed by atoms with van der Waals surface area (Å²) in [5.74, 6) is 0. The van der Waals surface area contributed by atoms with E-state index < -0.39 is 0 Å². The average molecular weight is 300 g/mol. The summed E-state index contributed by atoms with van der Waals surface area (Å²) in [5, 5.41) is 0. The standard InChI is InChI=1S/C22H20O/c1-4-10-19(11-5-1)16-17-22(21-14-8-3-9-15-21)23-18-20-12-6-2-7-13-20/h1-17,22H,18H2/b17-16+/t22-/m1/s1.